The van der Waals surface area contributed by atoms with Crippen LogP contribution in [0.3, 0.4) is 0 Å². The topological polar surface area (TPSA) is 64.8 Å². The number of benzene rings is 3. The molecule has 0 bridgehead atoms. The van der Waals surface area contributed by atoms with Crippen LogP contribution in [0.4, 0.5) is 0 Å². The van der Waals surface area contributed by atoms with Crippen LogP contribution in [0, 0.1) is 0 Å². The number of nitrogens with one attached hydrogen (secondary N) is 1. The van der Waals surface area contributed by atoms with E-state index in [9.17, 15) is 4.79 Å². The molecule has 0 radical (unpaired) electrons. The lowest BCUT2D eigenvalue weighted by atomic mass is 10.2. The average Bonchev–Trinajstić information content (AvgIpc) is 3.16. The predicted molar refractivity (Wildman–Crippen MR) is 122 cm³/mol. The van der Waals surface area contributed by atoms with E-state index in [1.54, 1.807) is 25.5 Å². The van der Waals surface area contributed by atoms with E-state index in [1.807, 2.05) is 54.7 Å². The monoisotopic (exact) mass is 413 g/mol. The number of nitrogens with zero attached hydrogens (tertiary/aromatic N) is 2. The van der Waals surface area contributed by atoms with Crippen molar-refractivity contribution >= 4 is 23.0 Å². The average molecular weight is 413 g/mol. The van der Waals surface area contributed by atoms with Gasteiger partial charge in [-0.2, -0.15) is 5.10 Å². The summed E-state index contributed by atoms with van der Waals surface area (Å²) in [5.74, 6) is 0.730. The standard InChI is InChI=1S/C25H23N3O3/c1-30-23-13-7-8-14-24(23)31-18-25(29)27-26-15-20-17-28(16-19-9-3-2-4-10-19)22-12-6-5-11-21(20)22/h2-15,17H,16,18H2,1H3,(H,27,29)/b26-15+. The van der Waals surface area contributed by atoms with Crippen LogP contribution in [-0.4, -0.2) is 30.4 Å². The van der Waals surface area contributed by atoms with Crippen molar-refractivity contribution in [2.45, 2.75) is 6.54 Å². The van der Waals surface area contributed by atoms with E-state index in [0.717, 1.165) is 23.0 Å². The molecule has 6 heteroatoms. The van der Waals surface area contributed by atoms with Crippen molar-refractivity contribution in [1.82, 2.24) is 9.99 Å². The first-order valence-electron chi connectivity index (χ1n) is 9.94. The molecule has 1 N–H and O–H groups in total. The Morgan fingerprint density at radius 1 is 0.968 bits per heavy atom. The number of hydrogen-bond acceptors (Lipinski definition) is 4. The molecule has 0 spiro atoms. The highest BCUT2D eigenvalue weighted by molar-refractivity contribution is 5.99. The minimum Gasteiger partial charge on any atom is -0.493 e. The Bertz CT molecular complexity index is 1200. The van der Waals surface area contributed by atoms with E-state index < -0.39 is 0 Å². The molecule has 0 aliphatic rings. The highest BCUT2D eigenvalue weighted by Crippen LogP contribution is 2.25. The highest BCUT2D eigenvalue weighted by atomic mass is 16.5. The Morgan fingerprint density at radius 2 is 1.68 bits per heavy atom. The fraction of sp³-hybridized carbons (Fsp3) is 0.120. The molecule has 0 aliphatic heterocycles. The van der Waals surface area contributed by atoms with Gasteiger partial charge < -0.3 is 14.0 Å². The fourth-order valence-electron chi connectivity index (χ4n) is 3.38. The van der Waals surface area contributed by atoms with Crippen LogP contribution in [0.2, 0.25) is 0 Å². The number of carbonyl (C=O) groups excluding carboxylic acids is 1. The summed E-state index contributed by atoms with van der Waals surface area (Å²) in [5.41, 5.74) is 5.77. The van der Waals surface area contributed by atoms with Crippen LogP contribution in [-0.2, 0) is 11.3 Å². The van der Waals surface area contributed by atoms with Crippen LogP contribution in [0.25, 0.3) is 10.9 Å². The molecule has 4 rings (SSSR count). The second-order valence-electron chi connectivity index (χ2n) is 6.95. The number of fused-ring (bicyclic) bond motifs is 1. The first-order valence-corrected chi connectivity index (χ1v) is 9.94. The zero-order valence-corrected chi connectivity index (χ0v) is 17.2. The van der Waals surface area contributed by atoms with Gasteiger partial charge in [0, 0.05) is 29.2 Å². The van der Waals surface area contributed by atoms with Gasteiger partial charge in [0.25, 0.3) is 5.91 Å². The van der Waals surface area contributed by atoms with E-state index in [2.05, 4.69) is 33.3 Å². The molecule has 1 aromatic heterocycles. The third-order valence-electron chi connectivity index (χ3n) is 4.84. The lowest BCUT2D eigenvalue weighted by Crippen LogP contribution is -2.24. The van der Waals surface area contributed by atoms with E-state index >= 15 is 0 Å². The first-order chi connectivity index (χ1) is 15.2. The van der Waals surface area contributed by atoms with Crippen molar-refractivity contribution in [2.75, 3.05) is 13.7 Å². The Morgan fingerprint density at radius 3 is 2.48 bits per heavy atom. The van der Waals surface area contributed by atoms with Crippen LogP contribution in [0.5, 0.6) is 11.5 Å². The molecule has 0 atom stereocenters. The minimum atomic E-state index is -0.352. The molecule has 0 aliphatic carbocycles. The molecule has 0 unspecified atom stereocenters. The van der Waals surface area contributed by atoms with Gasteiger partial charge in [0.15, 0.2) is 18.1 Å². The van der Waals surface area contributed by atoms with Crippen LogP contribution in [0.15, 0.2) is 90.2 Å². The number of hydrazone groups is 1. The first kappa shape index (κ1) is 20.2. The number of para-hydroxylation sites is 3. The van der Waals surface area contributed by atoms with E-state index in [0.29, 0.717) is 11.5 Å². The van der Waals surface area contributed by atoms with Crippen molar-refractivity contribution in [1.29, 1.82) is 0 Å². The Kier molecular flexibility index (Phi) is 6.28. The summed E-state index contributed by atoms with van der Waals surface area (Å²) in [6, 6.07) is 25.6. The number of hydrogen-bond donors (Lipinski definition) is 1. The molecule has 0 saturated heterocycles. The van der Waals surface area contributed by atoms with Gasteiger partial charge in [-0.3, -0.25) is 4.79 Å². The van der Waals surface area contributed by atoms with Gasteiger partial charge in [-0.1, -0.05) is 60.7 Å². The zero-order chi connectivity index (χ0) is 21.5. The maximum atomic E-state index is 12.1. The molecular formula is C25H23N3O3. The summed E-state index contributed by atoms with van der Waals surface area (Å²) in [7, 11) is 1.56. The van der Waals surface area contributed by atoms with Crippen LogP contribution < -0.4 is 14.9 Å². The number of rotatable bonds is 8. The molecule has 3 aromatic carbocycles. The van der Waals surface area contributed by atoms with Gasteiger partial charge in [0.1, 0.15) is 0 Å². The van der Waals surface area contributed by atoms with Gasteiger partial charge in [0.05, 0.1) is 13.3 Å². The Balaban J connectivity index is 1.43. The molecule has 1 amide bonds. The Hall–Kier alpha value is -4.06. The number of aromatic nitrogens is 1. The van der Waals surface area contributed by atoms with Crippen molar-refractivity contribution < 1.29 is 14.3 Å². The van der Waals surface area contributed by atoms with E-state index in [-0.39, 0.29) is 12.5 Å². The van der Waals surface area contributed by atoms with Crippen molar-refractivity contribution in [3.63, 3.8) is 0 Å². The van der Waals surface area contributed by atoms with E-state index in [4.69, 9.17) is 9.47 Å². The molecule has 156 valence electrons. The molecule has 0 saturated carbocycles. The second-order valence-corrected chi connectivity index (χ2v) is 6.95. The number of amides is 1. The normalized spacial score (nSPS) is 11.0. The van der Waals surface area contributed by atoms with Crippen LogP contribution >= 0.6 is 0 Å². The van der Waals surface area contributed by atoms with E-state index in [1.165, 1.54) is 5.56 Å². The van der Waals surface area contributed by atoms with Gasteiger partial charge in [-0.25, -0.2) is 5.43 Å². The lowest BCUT2D eigenvalue weighted by Gasteiger charge is -2.09. The van der Waals surface area contributed by atoms with Gasteiger partial charge in [0.2, 0.25) is 0 Å². The quantitative estimate of drug-likeness (QED) is 0.347. The summed E-state index contributed by atoms with van der Waals surface area (Å²) >= 11 is 0. The summed E-state index contributed by atoms with van der Waals surface area (Å²) < 4.78 is 12.9. The number of carbonyl (C=O) groups is 1. The maximum absolute atomic E-state index is 12.1. The van der Waals surface area contributed by atoms with Crippen molar-refractivity contribution in [3.8, 4) is 11.5 Å². The summed E-state index contributed by atoms with van der Waals surface area (Å²) in [4.78, 5) is 12.1. The molecule has 0 fully saturated rings. The second kappa shape index (κ2) is 9.63. The highest BCUT2D eigenvalue weighted by Gasteiger charge is 2.08. The molecule has 6 nitrogen and oxygen atoms in total. The zero-order valence-electron chi connectivity index (χ0n) is 17.2. The van der Waals surface area contributed by atoms with Crippen molar-refractivity contribution in [2.24, 2.45) is 5.10 Å². The lowest BCUT2D eigenvalue weighted by molar-refractivity contribution is -0.123. The van der Waals surface area contributed by atoms with Gasteiger partial charge in [-0.05, 0) is 23.8 Å². The Labute approximate surface area is 180 Å². The number of ether oxygens (including phenoxy) is 2. The van der Waals surface area contributed by atoms with Crippen LogP contribution in [0.1, 0.15) is 11.1 Å². The summed E-state index contributed by atoms with van der Waals surface area (Å²) in [6.07, 6.45) is 3.70. The van der Waals surface area contributed by atoms with Gasteiger partial charge >= 0.3 is 0 Å². The fourth-order valence-corrected chi connectivity index (χ4v) is 3.38. The minimum absolute atomic E-state index is 0.159. The third kappa shape index (κ3) is 4.93. The van der Waals surface area contributed by atoms with Crippen molar-refractivity contribution in [3.05, 3.63) is 96.2 Å². The van der Waals surface area contributed by atoms with Gasteiger partial charge in [-0.15, -0.1) is 0 Å². The number of methoxy groups -OCH3 is 1. The maximum Gasteiger partial charge on any atom is 0.277 e. The summed E-state index contributed by atoms with van der Waals surface area (Å²) in [6.45, 7) is 0.599. The molecule has 4 aromatic rings. The largest absolute Gasteiger partial charge is 0.493 e. The third-order valence-corrected chi connectivity index (χ3v) is 4.84. The summed E-state index contributed by atoms with van der Waals surface area (Å²) in [5, 5.41) is 5.19. The molecular weight excluding hydrogens is 390 g/mol. The predicted octanol–water partition coefficient (Wildman–Crippen LogP) is 4.23. The molecule has 31 heavy (non-hydrogen) atoms. The molecule has 1 heterocycles. The smallest absolute Gasteiger partial charge is 0.277 e. The SMILES string of the molecule is COc1ccccc1OCC(=O)N/N=C/c1cn(Cc2ccccc2)c2ccccc12.